The van der Waals surface area contributed by atoms with Crippen LogP contribution < -0.4 is 5.32 Å². The van der Waals surface area contributed by atoms with Crippen molar-refractivity contribution in [3.05, 3.63) is 55.1 Å². The first kappa shape index (κ1) is 13.1. The molecule has 1 aromatic carbocycles. The molecule has 4 heteroatoms. The molecule has 0 bridgehead atoms. The lowest BCUT2D eigenvalue weighted by atomic mass is 10.2. The van der Waals surface area contributed by atoms with Crippen LogP contribution >= 0.6 is 38.9 Å². The number of aryl methyl sites for hydroxylation is 1. The van der Waals surface area contributed by atoms with Crippen LogP contribution in [0.1, 0.15) is 15.3 Å². The average molecular weight is 331 g/mol. The maximum absolute atomic E-state index is 5.97. The van der Waals surface area contributed by atoms with Crippen LogP contribution in [0.25, 0.3) is 0 Å². The Morgan fingerprint density at radius 1 is 1.24 bits per heavy atom. The number of thiophene rings is 1. The molecule has 90 valence electrons. The third-order valence-corrected chi connectivity index (χ3v) is 4.43. The monoisotopic (exact) mass is 329 g/mol. The molecule has 1 heterocycles. The van der Waals surface area contributed by atoms with Gasteiger partial charge < -0.3 is 5.32 Å². The van der Waals surface area contributed by atoms with E-state index in [0.29, 0.717) is 0 Å². The lowest BCUT2D eigenvalue weighted by molar-refractivity contribution is 0.699. The molecule has 0 aliphatic rings. The van der Waals surface area contributed by atoms with Gasteiger partial charge in [0.2, 0.25) is 0 Å². The van der Waals surface area contributed by atoms with Crippen LogP contribution in [-0.4, -0.2) is 0 Å². The largest absolute Gasteiger partial charge is 0.308 e. The Hall–Kier alpha value is -0.350. The number of benzene rings is 1. The molecular formula is C13H13BrClNS. The molecule has 0 atom stereocenters. The zero-order valence-electron chi connectivity index (χ0n) is 9.47. The van der Waals surface area contributed by atoms with Crippen molar-refractivity contribution in [2.24, 2.45) is 0 Å². The molecule has 0 amide bonds. The Bertz CT molecular complexity index is 510. The summed E-state index contributed by atoms with van der Waals surface area (Å²) in [6, 6.07) is 10.2. The number of hydrogen-bond acceptors (Lipinski definition) is 2. The van der Waals surface area contributed by atoms with E-state index in [9.17, 15) is 0 Å². The van der Waals surface area contributed by atoms with Crippen LogP contribution in [0.5, 0.6) is 0 Å². The van der Waals surface area contributed by atoms with E-state index < -0.39 is 0 Å². The summed E-state index contributed by atoms with van der Waals surface area (Å²) in [4.78, 5) is 2.71. The third kappa shape index (κ3) is 3.81. The van der Waals surface area contributed by atoms with Crippen LogP contribution in [0.4, 0.5) is 0 Å². The predicted octanol–water partition coefficient (Wildman–Crippen LogP) is 4.76. The molecule has 0 unspecified atom stereocenters. The van der Waals surface area contributed by atoms with Crippen molar-refractivity contribution in [3.63, 3.8) is 0 Å². The van der Waals surface area contributed by atoms with Crippen molar-refractivity contribution in [2.75, 3.05) is 0 Å². The predicted molar refractivity (Wildman–Crippen MR) is 78.8 cm³/mol. The minimum atomic E-state index is 0.775. The second-order valence-corrected chi connectivity index (χ2v) is 6.51. The standard InChI is InChI=1S/C13H13BrClNS/c1-9-2-4-12(17-9)8-16-7-10-6-11(15)3-5-13(10)14/h2-6,16H,7-8H2,1H3. The van der Waals surface area contributed by atoms with E-state index in [4.69, 9.17) is 11.6 Å². The smallest absolute Gasteiger partial charge is 0.0410 e. The summed E-state index contributed by atoms with van der Waals surface area (Å²) in [7, 11) is 0. The van der Waals surface area contributed by atoms with E-state index in [2.05, 4.69) is 40.3 Å². The maximum atomic E-state index is 5.97. The van der Waals surface area contributed by atoms with Gasteiger partial charge in [-0.1, -0.05) is 27.5 Å². The maximum Gasteiger partial charge on any atom is 0.0410 e. The highest BCUT2D eigenvalue weighted by Crippen LogP contribution is 2.21. The minimum absolute atomic E-state index is 0.775. The number of halogens is 2. The van der Waals surface area contributed by atoms with E-state index in [1.165, 1.54) is 15.3 Å². The second kappa shape index (κ2) is 6.01. The Labute approximate surface area is 119 Å². The highest BCUT2D eigenvalue weighted by Gasteiger charge is 2.01. The first-order chi connectivity index (χ1) is 8.15. The fraction of sp³-hybridized carbons (Fsp3) is 0.231. The van der Waals surface area contributed by atoms with Gasteiger partial charge in [-0.3, -0.25) is 0 Å². The molecule has 0 saturated carbocycles. The molecule has 0 aliphatic carbocycles. The summed E-state index contributed by atoms with van der Waals surface area (Å²) < 4.78 is 1.09. The topological polar surface area (TPSA) is 12.0 Å². The number of rotatable bonds is 4. The molecule has 17 heavy (non-hydrogen) atoms. The highest BCUT2D eigenvalue weighted by molar-refractivity contribution is 9.10. The average Bonchev–Trinajstić information content (AvgIpc) is 2.69. The van der Waals surface area contributed by atoms with E-state index in [1.54, 1.807) is 0 Å². The van der Waals surface area contributed by atoms with Gasteiger partial charge in [0.1, 0.15) is 0 Å². The van der Waals surface area contributed by atoms with Crippen LogP contribution in [-0.2, 0) is 13.1 Å². The molecule has 2 rings (SSSR count). The van der Waals surface area contributed by atoms with Gasteiger partial charge in [0.25, 0.3) is 0 Å². The molecular weight excluding hydrogens is 318 g/mol. The zero-order chi connectivity index (χ0) is 12.3. The summed E-state index contributed by atoms with van der Waals surface area (Å²) in [5.74, 6) is 0. The van der Waals surface area contributed by atoms with E-state index in [-0.39, 0.29) is 0 Å². The molecule has 0 fully saturated rings. The van der Waals surface area contributed by atoms with Gasteiger partial charge in [-0.05, 0) is 42.8 Å². The zero-order valence-corrected chi connectivity index (χ0v) is 12.6. The van der Waals surface area contributed by atoms with Gasteiger partial charge in [-0.2, -0.15) is 0 Å². The number of hydrogen-bond donors (Lipinski definition) is 1. The Balaban J connectivity index is 1.91. The summed E-state index contributed by atoms with van der Waals surface area (Å²) in [6.07, 6.45) is 0. The van der Waals surface area contributed by atoms with Gasteiger partial charge >= 0.3 is 0 Å². The van der Waals surface area contributed by atoms with Gasteiger partial charge in [0, 0.05) is 32.3 Å². The van der Waals surface area contributed by atoms with Crippen molar-refractivity contribution >= 4 is 38.9 Å². The number of nitrogens with one attached hydrogen (secondary N) is 1. The van der Waals surface area contributed by atoms with Gasteiger partial charge in [-0.25, -0.2) is 0 Å². The van der Waals surface area contributed by atoms with Crippen molar-refractivity contribution in [2.45, 2.75) is 20.0 Å². The summed E-state index contributed by atoms with van der Waals surface area (Å²) >= 11 is 11.3. The van der Waals surface area contributed by atoms with Crippen molar-refractivity contribution in [3.8, 4) is 0 Å². The van der Waals surface area contributed by atoms with Crippen LogP contribution in [0.15, 0.2) is 34.8 Å². The van der Waals surface area contributed by atoms with Gasteiger partial charge in [0.05, 0.1) is 0 Å². The van der Waals surface area contributed by atoms with Crippen LogP contribution in [0.3, 0.4) is 0 Å². The summed E-state index contributed by atoms with van der Waals surface area (Å²) in [6.45, 7) is 3.84. The van der Waals surface area contributed by atoms with Crippen molar-refractivity contribution in [1.82, 2.24) is 5.32 Å². The molecule has 1 aromatic heterocycles. The van der Waals surface area contributed by atoms with Crippen molar-refractivity contribution < 1.29 is 0 Å². The fourth-order valence-electron chi connectivity index (χ4n) is 1.58. The molecule has 0 aliphatic heterocycles. The SMILES string of the molecule is Cc1ccc(CNCc2cc(Cl)ccc2Br)s1. The lowest BCUT2D eigenvalue weighted by Crippen LogP contribution is -2.12. The Morgan fingerprint density at radius 3 is 2.76 bits per heavy atom. The molecule has 0 radical (unpaired) electrons. The minimum Gasteiger partial charge on any atom is -0.308 e. The Kier molecular flexibility index (Phi) is 4.62. The molecule has 2 aromatic rings. The van der Waals surface area contributed by atoms with Crippen molar-refractivity contribution in [1.29, 1.82) is 0 Å². The first-order valence-corrected chi connectivity index (χ1v) is 7.34. The van der Waals surface area contributed by atoms with Crippen LogP contribution in [0.2, 0.25) is 5.02 Å². The van der Waals surface area contributed by atoms with E-state index in [1.807, 2.05) is 29.5 Å². The quantitative estimate of drug-likeness (QED) is 0.852. The summed E-state index contributed by atoms with van der Waals surface area (Å²) in [5, 5.41) is 4.20. The lowest BCUT2D eigenvalue weighted by Gasteiger charge is -2.06. The molecule has 0 saturated heterocycles. The van der Waals surface area contributed by atoms with Gasteiger partial charge in [-0.15, -0.1) is 11.3 Å². The van der Waals surface area contributed by atoms with E-state index in [0.717, 1.165) is 22.6 Å². The van der Waals surface area contributed by atoms with Gasteiger partial charge in [0.15, 0.2) is 0 Å². The molecule has 0 spiro atoms. The second-order valence-electron chi connectivity index (χ2n) is 3.85. The fourth-order valence-corrected chi connectivity index (χ4v) is 3.02. The normalized spacial score (nSPS) is 10.8. The Morgan fingerprint density at radius 2 is 2.06 bits per heavy atom. The molecule has 1 nitrogen and oxygen atoms in total. The van der Waals surface area contributed by atoms with Crippen LogP contribution in [0, 0.1) is 6.92 Å². The van der Waals surface area contributed by atoms with E-state index >= 15 is 0 Å². The third-order valence-electron chi connectivity index (χ3n) is 2.42. The highest BCUT2D eigenvalue weighted by atomic mass is 79.9. The first-order valence-electron chi connectivity index (χ1n) is 5.35. The summed E-state index contributed by atoms with van der Waals surface area (Å²) in [5.41, 5.74) is 1.19. The molecule has 1 N–H and O–H groups in total.